The quantitative estimate of drug-likeness (QED) is 0.676. The minimum Gasteiger partial charge on any atom is -0.145 e. The van der Waals surface area contributed by atoms with Gasteiger partial charge in [-0.2, -0.15) is 0 Å². The summed E-state index contributed by atoms with van der Waals surface area (Å²) in [6.45, 7) is 9.07. The molecule has 1 aromatic heterocycles. The lowest BCUT2D eigenvalue weighted by Gasteiger charge is -2.13. The molecule has 2 aromatic rings. The van der Waals surface area contributed by atoms with Gasteiger partial charge in [-0.05, 0) is 48.4 Å². The summed E-state index contributed by atoms with van der Waals surface area (Å²) in [6.07, 6.45) is 1.16. The van der Waals surface area contributed by atoms with Gasteiger partial charge in [-0.3, -0.25) is 0 Å². The van der Waals surface area contributed by atoms with Crippen molar-refractivity contribution in [3.63, 3.8) is 0 Å². The third kappa shape index (κ3) is 3.02. The lowest BCUT2D eigenvalue weighted by molar-refractivity contribution is 0.762. The molecule has 0 fully saturated rings. The molecule has 0 radical (unpaired) electrons. The van der Waals surface area contributed by atoms with Gasteiger partial charge >= 0.3 is 0 Å². The number of benzene rings is 1. The highest BCUT2D eigenvalue weighted by Crippen LogP contribution is 2.29. The molecule has 2 rings (SSSR count). The molecule has 0 aliphatic heterocycles. The SMILES string of the molecule is Cc1ccccc1[C@@H](C)Cc1ccc(C(C)C)s1. The van der Waals surface area contributed by atoms with Crippen LogP contribution in [-0.2, 0) is 6.42 Å². The molecular formula is C17H22S. The Balaban J connectivity index is 2.11. The molecule has 0 unspecified atom stereocenters. The molecule has 1 heterocycles. The van der Waals surface area contributed by atoms with Crippen LogP contribution in [0.15, 0.2) is 36.4 Å². The van der Waals surface area contributed by atoms with Gasteiger partial charge in [0.05, 0.1) is 0 Å². The molecular weight excluding hydrogens is 236 g/mol. The summed E-state index contributed by atoms with van der Waals surface area (Å²) in [7, 11) is 0. The fourth-order valence-corrected chi connectivity index (χ4v) is 3.51. The third-order valence-electron chi connectivity index (χ3n) is 3.48. The van der Waals surface area contributed by atoms with E-state index in [2.05, 4.69) is 64.1 Å². The van der Waals surface area contributed by atoms with Crippen LogP contribution in [-0.4, -0.2) is 0 Å². The van der Waals surface area contributed by atoms with Gasteiger partial charge in [0.2, 0.25) is 0 Å². The first-order valence-electron chi connectivity index (χ1n) is 6.72. The summed E-state index contributed by atoms with van der Waals surface area (Å²) in [5.41, 5.74) is 2.89. The maximum absolute atomic E-state index is 2.33. The summed E-state index contributed by atoms with van der Waals surface area (Å²) in [5.74, 6) is 1.25. The molecule has 0 bridgehead atoms. The van der Waals surface area contributed by atoms with Crippen molar-refractivity contribution in [2.75, 3.05) is 0 Å². The zero-order valence-electron chi connectivity index (χ0n) is 11.7. The molecule has 96 valence electrons. The van der Waals surface area contributed by atoms with E-state index in [0.717, 1.165) is 6.42 Å². The van der Waals surface area contributed by atoms with E-state index in [-0.39, 0.29) is 0 Å². The summed E-state index contributed by atoms with van der Waals surface area (Å²) in [5, 5.41) is 0. The monoisotopic (exact) mass is 258 g/mol. The minimum atomic E-state index is 0.602. The van der Waals surface area contributed by atoms with Crippen molar-refractivity contribution >= 4 is 11.3 Å². The van der Waals surface area contributed by atoms with Crippen LogP contribution in [0.25, 0.3) is 0 Å². The highest BCUT2D eigenvalue weighted by molar-refractivity contribution is 7.12. The van der Waals surface area contributed by atoms with E-state index < -0.39 is 0 Å². The van der Waals surface area contributed by atoms with Crippen LogP contribution < -0.4 is 0 Å². The lowest BCUT2D eigenvalue weighted by Crippen LogP contribution is -1.99. The van der Waals surface area contributed by atoms with Crippen molar-refractivity contribution in [2.24, 2.45) is 0 Å². The zero-order valence-corrected chi connectivity index (χ0v) is 12.6. The summed E-state index contributed by atoms with van der Waals surface area (Å²) in [6, 6.07) is 13.3. The van der Waals surface area contributed by atoms with Gasteiger partial charge in [0.1, 0.15) is 0 Å². The summed E-state index contributed by atoms with van der Waals surface area (Å²) >= 11 is 1.97. The van der Waals surface area contributed by atoms with Crippen molar-refractivity contribution < 1.29 is 0 Å². The van der Waals surface area contributed by atoms with Gasteiger partial charge in [-0.1, -0.05) is 45.0 Å². The van der Waals surface area contributed by atoms with Gasteiger partial charge in [-0.25, -0.2) is 0 Å². The first-order valence-corrected chi connectivity index (χ1v) is 7.53. The van der Waals surface area contributed by atoms with Crippen molar-refractivity contribution in [1.82, 2.24) is 0 Å². The van der Waals surface area contributed by atoms with Crippen LogP contribution in [0, 0.1) is 6.92 Å². The van der Waals surface area contributed by atoms with Crippen LogP contribution >= 0.6 is 11.3 Å². The predicted molar refractivity (Wildman–Crippen MR) is 81.7 cm³/mol. The molecule has 0 amide bonds. The lowest BCUT2D eigenvalue weighted by atomic mass is 9.93. The molecule has 0 aliphatic rings. The van der Waals surface area contributed by atoms with Crippen LogP contribution in [0.4, 0.5) is 0 Å². The molecule has 18 heavy (non-hydrogen) atoms. The Hall–Kier alpha value is -1.08. The first-order chi connectivity index (χ1) is 8.58. The van der Waals surface area contributed by atoms with Crippen LogP contribution in [0.2, 0.25) is 0 Å². The van der Waals surface area contributed by atoms with Crippen LogP contribution in [0.3, 0.4) is 0 Å². The van der Waals surface area contributed by atoms with E-state index >= 15 is 0 Å². The molecule has 1 atom stereocenters. The second-order valence-electron chi connectivity index (χ2n) is 5.42. The van der Waals surface area contributed by atoms with Gasteiger partial charge < -0.3 is 0 Å². The molecule has 1 heteroatoms. The van der Waals surface area contributed by atoms with Crippen LogP contribution in [0.5, 0.6) is 0 Å². The standard InChI is InChI=1S/C17H22S/c1-12(2)17-10-9-15(18-17)11-14(4)16-8-6-5-7-13(16)3/h5-10,12,14H,11H2,1-4H3/t14-/m0/s1. The average molecular weight is 258 g/mol. The van der Waals surface area contributed by atoms with E-state index in [1.54, 1.807) is 0 Å². The van der Waals surface area contributed by atoms with E-state index in [0.29, 0.717) is 11.8 Å². The number of aryl methyl sites for hydroxylation is 1. The van der Waals surface area contributed by atoms with E-state index in [9.17, 15) is 0 Å². The Bertz CT molecular complexity index is 508. The Morgan fingerprint density at radius 3 is 2.33 bits per heavy atom. The fraction of sp³-hybridized carbons (Fsp3) is 0.412. The topological polar surface area (TPSA) is 0 Å². The van der Waals surface area contributed by atoms with Crippen LogP contribution in [0.1, 0.15) is 53.5 Å². The molecule has 1 aromatic carbocycles. The molecule has 0 saturated heterocycles. The van der Waals surface area contributed by atoms with Crippen molar-refractivity contribution in [1.29, 1.82) is 0 Å². The number of hydrogen-bond donors (Lipinski definition) is 0. The average Bonchev–Trinajstić information content (AvgIpc) is 2.78. The minimum absolute atomic E-state index is 0.602. The smallest absolute Gasteiger partial charge is 0.00736 e. The zero-order chi connectivity index (χ0) is 13.1. The predicted octanol–water partition coefficient (Wildman–Crippen LogP) is 5.53. The van der Waals surface area contributed by atoms with Crippen molar-refractivity contribution in [2.45, 2.75) is 46.0 Å². The van der Waals surface area contributed by atoms with Gasteiger partial charge in [0.15, 0.2) is 0 Å². The number of thiophene rings is 1. The Morgan fingerprint density at radius 1 is 1.00 bits per heavy atom. The molecule has 0 aliphatic carbocycles. The first kappa shape index (κ1) is 13.4. The van der Waals surface area contributed by atoms with E-state index in [1.165, 1.54) is 20.9 Å². The number of rotatable bonds is 4. The molecule has 0 nitrogen and oxygen atoms in total. The van der Waals surface area contributed by atoms with E-state index in [1.807, 2.05) is 11.3 Å². The van der Waals surface area contributed by atoms with Crippen molar-refractivity contribution in [3.8, 4) is 0 Å². The van der Waals surface area contributed by atoms with Crippen molar-refractivity contribution in [3.05, 3.63) is 57.3 Å². The second kappa shape index (κ2) is 5.71. The Kier molecular flexibility index (Phi) is 4.23. The highest BCUT2D eigenvalue weighted by Gasteiger charge is 2.11. The normalized spacial score (nSPS) is 12.9. The summed E-state index contributed by atoms with van der Waals surface area (Å²) in [4.78, 5) is 3.01. The highest BCUT2D eigenvalue weighted by atomic mass is 32.1. The molecule has 0 spiro atoms. The third-order valence-corrected chi connectivity index (χ3v) is 4.89. The maximum atomic E-state index is 2.33. The largest absolute Gasteiger partial charge is 0.145 e. The van der Waals surface area contributed by atoms with Gasteiger partial charge in [0, 0.05) is 9.75 Å². The maximum Gasteiger partial charge on any atom is 0.00736 e. The van der Waals surface area contributed by atoms with E-state index in [4.69, 9.17) is 0 Å². The molecule has 0 saturated carbocycles. The second-order valence-corrected chi connectivity index (χ2v) is 6.62. The Morgan fingerprint density at radius 2 is 1.72 bits per heavy atom. The van der Waals surface area contributed by atoms with Gasteiger partial charge in [-0.15, -0.1) is 11.3 Å². The number of hydrogen-bond acceptors (Lipinski definition) is 1. The van der Waals surface area contributed by atoms with Gasteiger partial charge in [0.25, 0.3) is 0 Å². The molecule has 0 N–H and O–H groups in total. The summed E-state index contributed by atoms with van der Waals surface area (Å²) < 4.78 is 0. The Labute approximate surface area is 115 Å². The fourth-order valence-electron chi connectivity index (χ4n) is 2.37.